The first-order chi connectivity index (χ1) is 10.3. The van der Waals surface area contributed by atoms with Crippen LogP contribution in [0, 0.1) is 0 Å². The zero-order chi connectivity index (χ0) is 16.6. The summed E-state index contributed by atoms with van der Waals surface area (Å²) in [7, 11) is 1.59. The summed E-state index contributed by atoms with van der Waals surface area (Å²) < 4.78 is 45.4. The Morgan fingerprint density at radius 3 is 2.73 bits per heavy atom. The largest absolute Gasteiger partial charge is 0.467 e. The Labute approximate surface area is 130 Å². The average molecular weight is 341 g/mol. The first-order valence-electron chi connectivity index (χ1n) is 6.45. The number of rotatable bonds is 8. The maximum atomic E-state index is 12.0. The van der Waals surface area contributed by atoms with Crippen molar-refractivity contribution in [3.8, 4) is 5.88 Å². The highest BCUT2D eigenvalue weighted by Crippen LogP contribution is 2.24. The van der Waals surface area contributed by atoms with E-state index in [0.717, 1.165) is 19.0 Å². The second-order valence-corrected chi connectivity index (χ2v) is 4.78. The summed E-state index contributed by atoms with van der Waals surface area (Å²) in [5, 5.41) is 2.49. The number of hydrogen-bond acceptors (Lipinski definition) is 4. The fourth-order valence-corrected chi connectivity index (χ4v) is 1.70. The van der Waals surface area contributed by atoms with Gasteiger partial charge in [0, 0.05) is 26.5 Å². The number of pyridine rings is 1. The number of carbonyl (C=O) groups excluding carboxylic acids is 1. The molecular weight excluding hydrogens is 325 g/mol. The number of halogens is 4. The van der Waals surface area contributed by atoms with Gasteiger partial charge in [0.05, 0.1) is 5.56 Å². The van der Waals surface area contributed by atoms with Gasteiger partial charge in [0.1, 0.15) is 5.02 Å². The van der Waals surface area contributed by atoms with E-state index in [1.165, 1.54) is 6.07 Å². The van der Waals surface area contributed by atoms with Crippen LogP contribution in [0.25, 0.3) is 0 Å². The molecule has 22 heavy (non-hydrogen) atoms. The second kappa shape index (κ2) is 8.79. The highest BCUT2D eigenvalue weighted by Gasteiger charge is 2.29. The molecule has 0 bridgehead atoms. The van der Waals surface area contributed by atoms with Crippen molar-refractivity contribution in [1.82, 2.24) is 10.3 Å². The molecule has 0 aliphatic heterocycles. The quantitative estimate of drug-likeness (QED) is 0.739. The van der Waals surface area contributed by atoms with Crippen molar-refractivity contribution in [2.24, 2.45) is 0 Å². The van der Waals surface area contributed by atoms with Crippen molar-refractivity contribution < 1.29 is 27.4 Å². The lowest BCUT2D eigenvalue weighted by Crippen LogP contribution is -2.25. The number of nitrogens with zero attached hydrogens (tertiary/aromatic N) is 1. The number of hydrogen-bond donors (Lipinski definition) is 1. The zero-order valence-corrected chi connectivity index (χ0v) is 12.6. The summed E-state index contributed by atoms with van der Waals surface area (Å²) in [6.07, 6.45) is -1.82. The Morgan fingerprint density at radius 1 is 1.41 bits per heavy atom. The monoisotopic (exact) mass is 340 g/mol. The number of amides is 1. The van der Waals surface area contributed by atoms with Crippen molar-refractivity contribution >= 4 is 17.5 Å². The normalized spacial score (nSPS) is 11.3. The summed E-state index contributed by atoms with van der Waals surface area (Å²) in [5.41, 5.74) is 0.149. The van der Waals surface area contributed by atoms with Gasteiger partial charge in [-0.2, -0.15) is 13.2 Å². The number of alkyl halides is 3. The van der Waals surface area contributed by atoms with Gasteiger partial charge in [0.2, 0.25) is 5.88 Å². The Hall–Kier alpha value is -1.54. The van der Waals surface area contributed by atoms with Gasteiger partial charge in [0.25, 0.3) is 5.91 Å². The van der Waals surface area contributed by atoms with E-state index in [2.05, 4.69) is 15.0 Å². The van der Waals surface area contributed by atoms with E-state index in [4.69, 9.17) is 16.3 Å². The molecule has 0 fully saturated rings. The molecule has 1 aromatic heterocycles. The van der Waals surface area contributed by atoms with Crippen LogP contribution in [-0.4, -0.2) is 43.9 Å². The summed E-state index contributed by atoms with van der Waals surface area (Å²) in [6, 6.07) is 1.21. The third kappa shape index (κ3) is 6.95. The fraction of sp³-hybridized carbons (Fsp3) is 0.538. The molecule has 0 spiro atoms. The average Bonchev–Trinajstić information content (AvgIpc) is 2.44. The number of unbranched alkanes of at least 4 members (excludes halogenated alkanes) is 1. The fourth-order valence-electron chi connectivity index (χ4n) is 1.48. The number of aromatic nitrogens is 1. The molecule has 0 aliphatic rings. The van der Waals surface area contributed by atoms with Gasteiger partial charge in [-0.3, -0.25) is 4.79 Å². The molecule has 0 atom stereocenters. The molecule has 0 unspecified atom stereocenters. The van der Waals surface area contributed by atoms with Crippen LogP contribution in [0.1, 0.15) is 23.2 Å². The van der Waals surface area contributed by atoms with Gasteiger partial charge in [0.15, 0.2) is 6.61 Å². The first kappa shape index (κ1) is 18.5. The highest BCUT2D eigenvalue weighted by molar-refractivity contribution is 6.32. The molecule has 1 N–H and O–H groups in total. The molecule has 9 heteroatoms. The van der Waals surface area contributed by atoms with Gasteiger partial charge in [-0.1, -0.05) is 11.6 Å². The Bertz CT molecular complexity index is 498. The van der Waals surface area contributed by atoms with E-state index < -0.39 is 18.7 Å². The van der Waals surface area contributed by atoms with Gasteiger partial charge in [-0.25, -0.2) is 4.98 Å². The molecule has 0 aromatic carbocycles. The van der Waals surface area contributed by atoms with Gasteiger partial charge >= 0.3 is 6.18 Å². The summed E-state index contributed by atoms with van der Waals surface area (Å²) in [4.78, 5) is 15.4. The van der Waals surface area contributed by atoms with Gasteiger partial charge in [-0.15, -0.1) is 0 Å². The minimum atomic E-state index is -4.48. The molecule has 0 radical (unpaired) electrons. The molecule has 0 saturated carbocycles. The first-order valence-corrected chi connectivity index (χ1v) is 6.83. The zero-order valence-electron chi connectivity index (χ0n) is 11.9. The van der Waals surface area contributed by atoms with Crippen molar-refractivity contribution in [1.29, 1.82) is 0 Å². The molecule has 1 rings (SSSR count). The lowest BCUT2D eigenvalue weighted by atomic mass is 10.2. The number of ether oxygens (including phenoxy) is 2. The maximum absolute atomic E-state index is 12.0. The molecule has 1 aromatic rings. The molecular formula is C13H16ClF3N2O3. The smallest absolute Gasteiger partial charge is 0.422 e. The van der Waals surface area contributed by atoms with Crippen LogP contribution in [0.4, 0.5) is 13.2 Å². The van der Waals surface area contributed by atoms with Crippen molar-refractivity contribution in [2.45, 2.75) is 19.0 Å². The van der Waals surface area contributed by atoms with E-state index in [-0.39, 0.29) is 16.5 Å². The van der Waals surface area contributed by atoms with Crippen LogP contribution in [0.5, 0.6) is 5.88 Å². The lowest BCUT2D eigenvalue weighted by molar-refractivity contribution is -0.154. The summed E-state index contributed by atoms with van der Waals surface area (Å²) >= 11 is 5.75. The molecule has 0 saturated heterocycles. The Morgan fingerprint density at radius 2 is 2.14 bits per heavy atom. The maximum Gasteiger partial charge on any atom is 0.422 e. The van der Waals surface area contributed by atoms with Crippen LogP contribution in [-0.2, 0) is 4.74 Å². The van der Waals surface area contributed by atoms with Crippen molar-refractivity contribution in [3.63, 3.8) is 0 Å². The third-order valence-corrected chi connectivity index (χ3v) is 2.77. The van der Waals surface area contributed by atoms with Crippen LogP contribution < -0.4 is 10.1 Å². The second-order valence-electron chi connectivity index (χ2n) is 4.37. The Kier molecular flexibility index (Phi) is 7.40. The molecule has 1 heterocycles. The minimum Gasteiger partial charge on any atom is -0.467 e. The SMILES string of the molecule is COCCCCNC(=O)c1cnc(OCC(F)(F)F)c(Cl)c1. The minimum absolute atomic E-state index is 0.149. The summed E-state index contributed by atoms with van der Waals surface area (Å²) in [6.45, 7) is -0.439. The van der Waals surface area contributed by atoms with Crippen LogP contribution in [0.2, 0.25) is 5.02 Å². The topological polar surface area (TPSA) is 60.5 Å². The van der Waals surface area contributed by atoms with E-state index in [9.17, 15) is 18.0 Å². The van der Waals surface area contributed by atoms with E-state index >= 15 is 0 Å². The van der Waals surface area contributed by atoms with Crippen LogP contribution in [0.3, 0.4) is 0 Å². The van der Waals surface area contributed by atoms with Crippen LogP contribution in [0.15, 0.2) is 12.3 Å². The molecule has 1 amide bonds. The number of methoxy groups -OCH3 is 1. The third-order valence-electron chi connectivity index (χ3n) is 2.50. The van der Waals surface area contributed by atoms with E-state index in [1.54, 1.807) is 7.11 Å². The van der Waals surface area contributed by atoms with Crippen LogP contribution >= 0.6 is 11.6 Å². The van der Waals surface area contributed by atoms with Gasteiger partial charge < -0.3 is 14.8 Å². The number of nitrogens with one attached hydrogen (secondary N) is 1. The predicted molar refractivity (Wildman–Crippen MR) is 74.2 cm³/mol. The molecule has 124 valence electrons. The van der Waals surface area contributed by atoms with E-state index in [1.807, 2.05) is 0 Å². The van der Waals surface area contributed by atoms with Gasteiger partial charge in [-0.05, 0) is 18.9 Å². The molecule has 0 aliphatic carbocycles. The standard InChI is InChI=1S/C13H16ClF3N2O3/c1-21-5-3-2-4-18-11(20)9-6-10(14)12(19-7-9)22-8-13(15,16)17/h6-7H,2-5,8H2,1H3,(H,18,20). The summed E-state index contributed by atoms with van der Waals surface area (Å²) in [5.74, 6) is -0.773. The highest BCUT2D eigenvalue weighted by atomic mass is 35.5. The Balaban J connectivity index is 2.51. The van der Waals surface area contributed by atoms with E-state index in [0.29, 0.717) is 13.2 Å². The van der Waals surface area contributed by atoms with Crippen molar-refractivity contribution in [2.75, 3.05) is 26.9 Å². The lowest BCUT2D eigenvalue weighted by Gasteiger charge is -2.10. The van der Waals surface area contributed by atoms with Crippen molar-refractivity contribution in [3.05, 3.63) is 22.8 Å². The number of carbonyl (C=O) groups is 1. The molecule has 5 nitrogen and oxygen atoms in total. The predicted octanol–water partition coefficient (Wildman–Crippen LogP) is 2.83.